The van der Waals surface area contributed by atoms with Crippen LogP contribution in [0.5, 0.6) is 0 Å². The SMILES string of the molecule is C=C1C(=O)[C@](C)(C(=O)OC)[C@H](CCC(=O)N2CCN(Cc3ccc(F)cc3F)CC2)O[C@@H]1C. The topological polar surface area (TPSA) is 76.2 Å². The summed E-state index contributed by atoms with van der Waals surface area (Å²) in [6.45, 7) is 9.27. The predicted octanol–water partition coefficient (Wildman–Crippen LogP) is 2.48. The summed E-state index contributed by atoms with van der Waals surface area (Å²) < 4.78 is 37.7. The van der Waals surface area contributed by atoms with Crippen LogP contribution in [0.2, 0.25) is 0 Å². The van der Waals surface area contributed by atoms with Gasteiger partial charge in [0, 0.05) is 56.3 Å². The van der Waals surface area contributed by atoms with Gasteiger partial charge in [-0.25, -0.2) is 8.78 Å². The molecule has 0 bridgehead atoms. The number of ketones is 1. The molecule has 0 N–H and O–H groups in total. The largest absolute Gasteiger partial charge is 0.468 e. The van der Waals surface area contributed by atoms with Gasteiger partial charge in [0.1, 0.15) is 11.6 Å². The number of piperazine rings is 1. The lowest BCUT2D eigenvalue weighted by atomic mass is 9.72. The Morgan fingerprint density at radius 2 is 1.91 bits per heavy atom. The van der Waals surface area contributed by atoms with Crippen molar-refractivity contribution >= 4 is 17.7 Å². The molecule has 2 fully saturated rings. The second-order valence-electron chi connectivity index (χ2n) is 8.75. The summed E-state index contributed by atoms with van der Waals surface area (Å²) in [5, 5.41) is 0. The summed E-state index contributed by atoms with van der Waals surface area (Å²) >= 11 is 0. The number of esters is 1. The van der Waals surface area contributed by atoms with Gasteiger partial charge < -0.3 is 14.4 Å². The third kappa shape index (κ3) is 5.14. The molecular weight excluding hydrogens is 434 g/mol. The average molecular weight is 465 g/mol. The van der Waals surface area contributed by atoms with E-state index in [0.717, 1.165) is 6.07 Å². The van der Waals surface area contributed by atoms with E-state index in [9.17, 15) is 23.2 Å². The molecule has 3 atom stereocenters. The smallest absolute Gasteiger partial charge is 0.322 e. The second-order valence-corrected chi connectivity index (χ2v) is 8.75. The van der Waals surface area contributed by atoms with Crippen molar-refractivity contribution in [2.45, 2.75) is 45.4 Å². The molecule has 33 heavy (non-hydrogen) atoms. The first-order valence-electron chi connectivity index (χ1n) is 11.0. The molecule has 1 aromatic rings. The first-order chi connectivity index (χ1) is 15.6. The molecular formula is C24H30F2N2O5. The summed E-state index contributed by atoms with van der Waals surface area (Å²) in [6, 6.07) is 3.53. The van der Waals surface area contributed by atoms with Gasteiger partial charge in [-0.15, -0.1) is 0 Å². The molecule has 180 valence electrons. The van der Waals surface area contributed by atoms with Crippen LogP contribution in [0.15, 0.2) is 30.4 Å². The molecule has 3 rings (SSSR count). The summed E-state index contributed by atoms with van der Waals surface area (Å²) in [5.74, 6) is -2.44. The number of carbonyl (C=O) groups excluding carboxylic acids is 3. The third-order valence-electron chi connectivity index (χ3n) is 6.63. The summed E-state index contributed by atoms with van der Waals surface area (Å²) in [6.07, 6.45) is -1.05. The Balaban J connectivity index is 1.55. The number of halogens is 2. The van der Waals surface area contributed by atoms with Crippen LogP contribution in [0.4, 0.5) is 8.78 Å². The molecule has 1 aromatic carbocycles. The van der Waals surface area contributed by atoms with Crippen molar-refractivity contribution in [1.29, 1.82) is 0 Å². The fourth-order valence-corrected chi connectivity index (χ4v) is 4.38. The molecule has 2 saturated heterocycles. The van der Waals surface area contributed by atoms with Crippen molar-refractivity contribution in [2.24, 2.45) is 5.41 Å². The minimum absolute atomic E-state index is 0.107. The Bertz CT molecular complexity index is 945. The highest BCUT2D eigenvalue weighted by atomic mass is 19.1. The lowest BCUT2D eigenvalue weighted by Crippen LogP contribution is -2.55. The van der Waals surface area contributed by atoms with E-state index >= 15 is 0 Å². The summed E-state index contributed by atoms with van der Waals surface area (Å²) in [7, 11) is 1.21. The zero-order valence-electron chi connectivity index (χ0n) is 19.2. The van der Waals surface area contributed by atoms with Gasteiger partial charge in [-0.3, -0.25) is 19.3 Å². The number of hydrogen-bond acceptors (Lipinski definition) is 6. The van der Waals surface area contributed by atoms with Gasteiger partial charge in [0.15, 0.2) is 11.2 Å². The minimum atomic E-state index is -1.55. The second kappa shape index (κ2) is 10.1. The van der Waals surface area contributed by atoms with E-state index < -0.39 is 41.0 Å². The highest BCUT2D eigenvalue weighted by Gasteiger charge is 2.54. The summed E-state index contributed by atoms with van der Waals surface area (Å²) in [4.78, 5) is 41.8. The molecule has 2 heterocycles. The van der Waals surface area contributed by atoms with E-state index in [1.165, 1.54) is 26.2 Å². The van der Waals surface area contributed by atoms with E-state index in [4.69, 9.17) is 9.47 Å². The standard InChI is InChI=1S/C24H30F2N2O5/c1-15-16(2)33-20(24(3,22(15)30)23(31)32-4)7-8-21(29)28-11-9-27(10-12-28)14-17-5-6-18(25)13-19(17)26/h5-6,13,16,20H,1,7-12,14H2,2-4H3/t16-,20+,24-/m1/s1. The Morgan fingerprint density at radius 1 is 1.24 bits per heavy atom. The lowest BCUT2D eigenvalue weighted by molar-refractivity contribution is -0.176. The minimum Gasteiger partial charge on any atom is -0.468 e. The van der Waals surface area contributed by atoms with Gasteiger partial charge in [-0.1, -0.05) is 12.6 Å². The van der Waals surface area contributed by atoms with E-state index in [2.05, 4.69) is 6.58 Å². The molecule has 2 aliphatic rings. The Morgan fingerprint density at radius 3 is 2.52 bits per heavy atom. The van der Waals surface area contributed by atoms with Gasteiger partial charge in [0.05, 0.1) is 19.3 Å². The van der Waals surface area contributed by atoms with Crippen molar-refractivity contribution in [3.05, 3.63) is 47.5 Å². The number of nitrogens with zero attached hydrogens (tertiary/aromatic N) is 2. The fraction of sp³-hybridized carbons (Fsp3) is 0.542. The van der Waals surface area contributed by atoms with Gasteiger partial charge in [-0.05, 0) is 26.3 Å². The molecule has 7 nitrogen and oxygen atoms in total. The van der Waals surface area contributed by atoms with E-state index in [-0.39, 0.29) is 24.3 Å². The van der Waals surface area contributed by atoms with Crippen LogP contribution in [0.3, 0.4) is 0 Å². The molecule has 0 aliphatic carbocycles. The first kappa shape index (κ1) is 25.0. The molecule has 2 aliphatic heterocycles. The van der Waals surface area contributed by atoms with Crippen molar-refractivity contribution in [3.63, 3.8) is 0 Å². The molecule has 0 spiro atoms. The van der Waals surface area contributed by atoms with Gasteiger partial charge >= 0.3 is 5.97 Å². The molecule has 1 amide bonds. The van der Waals surface area contributed by atoms with Crippen molar-refractivity contribution < 1.29 is 32.6 Å². The molecule has 0 aromatic heterocycles. The lowest BCUT2D eigenvalue weighted by Gasteiger charge is -2.41. The fourth-order valence-electron chi connectivity index (χ4n) is 4.38. The molecule has 0 saturated carbocycles. The van der Waals surface area contributed by atoms with E-state index in [1.807, 2.05) is 4.90 Å². The number of Topliss-reactive ketones (excluding diaryl/α,β-unsaturated/α-hetero) is 1. The highest BCUT2D eigenvalue weighted by Crippen LogP contribution is 2.39. The van der Waals surface area contributed by atoms with Crippen LogP contribution in [0.1, 0.15) is 32.3 Å². The maximum Gasteiger partial charge on any atom is 0.322 e. The number of rotatable bonds is 6. The molecule has 0 unspecified atom stereocenters. The number of ether oxygens (including phenoxy) is 2. The zero-order valence-corrected chi connectivity index (χ0v) is 19.2. The van der Waals surface area contributed by atoms with Gasteiger partial charge in [0.2, 0.25) is 5.91 Å². The van der Waals surface area contributed by atoms with Crippen LogP contribution in [0.25, 0.3) is 0 Å². The number of hydrogen-bond donors (Lipinski definition) is 0. The van der Waals surface area contributed by atoms with Crippen LogP contribution < -0.4 is 0 Å². The maximum atomic E-state index is 13.9. The molecule has 0 radical (unpaired) electrons. The van der Waals surface area contributed by atoms with Crippen LogP contribution in [-0.2, 0) is 30.4 Å². The zero-order chi connectivity index (χ0) is 24.3. The maximum absolute atomic E-state index is 13.9. The van der Waals surface area contributed by atoms with Gasteiger partial charge in [-0.2, -0.15) is 0 Å². The Labute approximate surface area is 192 Å². The van der Waals surface area contributed by atoms with Crippen molar-refractivity contribution in [2.75, 3.05) is 33.3 Å². The Kier molecular flexibility index (Phi) is 7.64. The predicted molar refractivity (Wildman–Crippen MR) is 116 cm³/mol. The third-order valence-corrected chi connectivity index (χ3v) is 6.63. The Hall–Kier alpha value is -2.65. The average Bonchev–Trinajstić information content (AvgIpc) is 2.80. The number of benzene rings is 1. The highest BCUT2D eigenvalue weighted by molar-refractivity contribution is 6.13. The van der Waals surface area contributed by atoms with Crippen molar-refractivity contribution in [3.8, 4) is 0 Å². The monoisotopic (exact) mass is 464 g/mol. The van der Waals surface area contributed by atoms with Crippen molar-refractivity contribution in [1.82, 2.24) is 9.80 Å². The number of carbonyl (C=O) groups is 3. The van der Waals surface area contributed by atoms with Crippen LogP contribution in [0, 0.1) is 17.0 Å². The van der Waals surface area contributed by atoms with Crippen LogP contribution in [-0.4, -0.2) is 73.0 Å². The van der Waals surface area contributed by atoms with E-state index in [1.54, 1.807) is 11.8 Å². The number of amides is 1. The van der Waals surface area contributed by atoms with Gasteiger partial charge in [0.25, 0.3) is 0 Å². The van der Waals surface area contributed by atoms with E-state index in [0.29, 0.717) is 38.3 Å². The quantitative estimate of drug-likeness (QED) is 0.366. The normalized spacial score (nSPS) is 26.4. The molecule has 9 heteroatoms. The van der Waals surface area contributed by atoms with Crippen LogP contribution >= 0.6 is 0 Å². The first-order valence-corrected chi connectivity index (χ1v) is 11.0. The number of methoxy groups -OCH3 is 1. The summed E-state index contributed by atoms with van der Waals surface area (Å²) in [5.41, 5.74) is -0.927.